The van der Waals surface area contributed by atoms with Crippen LogP contribution in [0.2, 0.25) is 0 Å². The smallest absolute Gasteiger partial charge is 0.0495 e. The fourth-order valence-electron chi connectivity index (χ4n) is 1.01. The third kappa shape index (κ3) is 0.914. The summed E-state index contributed by atoms with van der Waals surface area (Å²) in [6.45, 7) is 0.359. The van der Waals surface area contributed by atoms with Crippen LogP contribution in [0.25, 0.3) is 0 Å². The zero-order chi connectivity index (χ0) is 6.04. The van der Waals surface area contributed by atoms with Crippen LogP contribution in [0.1, 0.15) is 19.3 Å². The Morgan fingerprint density at radius 1 is 1.50 bits per heavy atom. The van der Waals surface area contributed by atoms with Crippen LogP contribution < -0.4 is 0 Å². The molecule has 0 bridgehead atoms. The highest BCUT2D eigenvalue weighted by atomic mass is 79.9. The van der Waals surface area contributed by atoms with Crippen molar-refractivity contribution in [1.82, 2.24) is 0 Å². The summed E-state index contributed by atoms with van der Waals surface area (Å²) in [4.78, 5) is 0. The van der Waals surface area contributed by atoms with E-state index in [9.17, 15) is 0 Å². The Kier molecular flexibility index (Phi) is 1.93. The van der Waals surface area contributed by atoms with Gasteiger partial charge in [-0.2, -0.15) is 0 Å². The molecule has 0 atom stereocenters. The van der Waals surface area contributed by atoms with Gasteiger partial charge in [-0.25, -0.2) is 0 Å². The molecular weight excluding hydrogens is 168 g/mol. The molecule has 0 unspecified atom stereocenters. The van der Waals surface area contributed by atoms with Crippen LogP contribution in [0.5, 0.6) is 0 Å². The maximum Gasteiger partial charge on any atom is 0.0495 e. The van der Waals surface area contributed by atoms with E-state index < -0.39 is 0 Å². The zero-order valence-corrected chi connectivity index (χ0v) is 6.45. The molecule has 0 aromatic heterocycles. The minimum absolute atomic E-state index is 0.278. The van der Waals surface area contributed by atoms with Gasteiger partial charge in [-0.1, -0.05) is 22.4 Å². The SMILES string of the molecule is OCC1(CBr)CCC1. The number of hydrogen-bond acceptors (Lipinski definition) is 1. The van der Waals surface area contributed by atoms with Crippen LogP contribution in [0.3, 0.4) is 0 Å². The van der Waals surface area contributed by atoms with E-state index >= 15 is 0 Å². The summed E-state index contributed by atoms with van der Waals surface area (Å²) in [5.74, 6) is 0. The lowest BCUT2D eigenvalue weighted by Gasteiger charge is -2.38. The fraction of sp³-hybridized carbons (Fsp3) is 1.00. The van der Waals surface area contributed by atoms with Gasteiger partial charge in [0, 0.05) is 17.4 Å². The van der Waals surface area contributed by atoms with Crippen molar-refractivity contribution in [2.45, 2.75) is 19.3 Å². The van der Waals surface area contributed by atoms with Gasteiger partial charge in [-0.3, -0.25) is 0 Å². The second kappa shape index (κ2) is 2.36. The highest BCUT2D eigenvalue weighted by Gasteiger charge is 2.34. The summed E-state index contributed by atoms with van der Waals surface area (Å²) in [5, 5.41) is 9.78. The Hall–Kier alpha value is 0.440. The molecule has 1 fully saturated rings. The maximum absolute atomic E-state index is 8.81. The van der Waals surface area contributed by atoms with E-state index in [1.54, 1.807) is 0 Å². The molecule has 1 rings (SSSR count). The van der Waals surface area contributed by atoms with Crippen molar-refractivity contribution in [1.29, 1.82) is 0 Å². The van der Waals surface area contributed by atoms with Gasteiger partial charge >= 0.3 is 0 Å². The zero-order valence-electron chi connectivity index (χ0n) is 4.86. The second-order valence-corrected chi connectivity index (χ2v) is 3.21. The van der Waals surface area contributed by atoms with Gasteiger partial charge in [0.25, 0.3) is 0 Å². The molecule has 0 amide bonds. The molecule has 0 aromatic rings. The second-order valence-electron chi connectivity index (χ2n) is 2.65. The van der Waals surface area contributed by atoms with Crippen LogP contribution in [0.15, 0.2) is 0 Å². The summed E-state index contributed by atoms with van der Waals surface area (Å²) in [7, 11) is 0. The third-order valence-electron chi connectivity index (χ3n) is 2.03. The number of aliphatic hydroxyl groups is 1. The topological polar surface area (TPSA) is 20.2 Å². The lowest BCUT2D eigenvalue weighted by Crippen LogP contribution is -2.34. The van der Waals surface area contributed by atoms with Gasteiger partial charge in [0.05, 0.1) is 0 Å². The first kappa shape index (κ1) is 6.56. The van der Waals surface area contributed by atoms with Crippen molar-refractivity contribution in [3.05, 3.63) is 0 Å². The van der Waals surface area contributed by atoms with Crippen molar-refractivity contribution >= 4 is 15.9 Å². The van der Waals surface area contributed by atoms with Gasteiger partial charge in [-0.05, 0) is 12.8 Å². The van der Waals surface area contributed by atoms with Crippen LogP contribution >= 0.6 is 15.9 Å². The average molecular weight is 179 g/mol. The van der Waals surface area contributed by atoms with Gasteiger partial charge in [0.1, 0.15) is 0 Å². The minimum Gasteiger partial charge on any atom is -0.396 e. The summed E-state index contributed by atoms with van der Waals surface area (Å²) < 4.78 is 0. The monoisotopic (exact) mass is 178 g/mol. The van der Waals surface area contributed by atoms with Crippen LogP contribution in [0.4, 0.5) is 0 Å². The fourth-order valence-corrected chi connectivity index (χ4v) is 1.75. The molecule has 8 heavy (non-hydrogen) atoms. The van der Waals surface area contributed by atoms with Gasteiger partial charge in [0.2, 0.25) is 0 Å². The molecular formula is C6H11BrO. The quantitative estimate of drug-likeness (QED) is 0.637. The van der Waals surface area contributed by atoms with Crippen molar-refractivity contribution in [2.24, 2.45) is 5.41 Å². The van der Waals surface area contributed by atoms with E-state index in [0.29, 0.717) is 6.61 Å². The first-order valence-electron chi connectivity index (χ1n) is 3.00. The molecule has 0 heterocycles. The lowest BCUT2D eigenvalue weighted by atomic mass is 9.71. The van der Waals surface area contributed by atoms with E-state index in [1.165, 1.54) is 19.3 Å². The van der Waals surface area contributed by atoms with Crippen molar-refractivity contribution in [3.63, 3.8) is 0 Å². The minimum atomic E-state index is 0.278. The molecule has 1 aliphatic rings. The average Bonchev–Trinajstić information content (AvgIpc) is 1.67. The first-order valence-corrected chi connectivity index (χ1v) is 4.12. The molecule has 0 saturated heterocycles. The number of rotatable bonds is 2. The summed E-state index contributed by atoms with van der Waals surface area (Å²) in [6.07, 6.45) is 3.70. The van der Waals surface area contributed by atoms with E-state index in [-0.39, 0.29) is 5.41 Å². The Bertz CT molecular complexity index is 65.1. The molecule has 0 radical (unpaired) electrons. The predicted molar refractivity (Wildman–Crippen MR) is 37.2 cm³/mol. The maximum atomic E-state index is 8.81. The van der Waals surface area contributed by atoms with Crippen molar-refractivity contribution in [2.75, 3.05) is 11.9 Å². The predicted octanol–water partition coefficient (Wildman–Crippen LogP) is 1.54. The first-order chi connectivity index (χ1) is 3.83. The Morgan fingerprint density at radius 2 is 2.12 bits per heavy atom. The van der Waals surface area contributed by atoms with E-state index in [0.717, 1.165) is 5.33 Å². The largest absolute Gasteiger partial charge is 0.396 e. The van der Waals surface area contributed by atoms with Crippen molar-refractivity contribution < 1.29 is 5.11 Å². The molecule has 1 saturated carbocycles. The van der Waals surface area contributed by atoms with Crippen LogP contribution in [0, 0.1) is 5.41 Å². The van der Waals surface area contributed by atoms with E-state index in [1.807, 2.05) is 0 Å². The third-order valence-corrected chi connectivity index (χ3v) is 3.22. The van der Waals surface area contributed by atoms with E-state index in [4.69, 9.17) is 5.11 Å². The Labute approximate surface area is 58.2 Å². The van der Waals surface area contributed by atoms with Gasteiger partial charge in [0.15, 0.2) is 0 Å². The summed E-state index contributed by atoms with van der Waals surface area (Å²) in [6, 6.07) is 0. The summed E-state index contributed by atoms with van der Waals surface area (Å²) >= 11 is 3.38. The van der Waals surface area contributed by atoms with E-state index in [2.05, 4.69) is 15.9 Å². The number of halogens is 1. The van der Waals surface area contributed by atoms with Crippen LogP contribution in [-0.2, 0) is 0 Å². The molecule has 1 N–H and O–H groups in total. The number of aliphatic hydroxyl groups excluding tert-OH is 1. The summed E-state index contributed by atoms with van der Waals surface area (Å²) in [5.41, 5.74) is 0.278. The molecule has 1 nitrogen and oxygen atoms in total. The molecule has 2 heteroatoms. The Morgan fingerprint density at radius 3 is 2.12 bits per heavy atom. The molecule has 1 aliphatic carbocycles. The number of hydrogen-bond donors (Lipinski definition) is 1. The van der Waals surface area contributed by atoms with Crippen LogP contribution in [-0.4, -0.2) is 17.0 Å². The van der Waals surface area contributed by atoms with Gasteiger partial charge < -0.3 is 5.11 Å². The normalized spacial score (nSPS) is 24.8. The van der Waals surface area contributed by atoms with Gasteiger partial charge in [-0.15, -0.1) is 0 Å². The number of alkyl halides is 1. The Balaban J connectivity index is 2.33. The van der Waals surface area contributed by atoms with Crippen molar-refractivity contribution in [3.8, 4) is 0 Å². The highest BCUT2D eigenvalue weighted by Crippen LogP contribution is 2.41. The molecule has 48 valence electrons. The molecule has 0 aromatic carbocycles. The highest BCUT2D eigenvalue weighted by molar-refractivity contribution is 9.09. The lowest BCUT2D eigenvalue weighted by molar-refractivity contribution is 0.0697. The molecule has 0 spiro atoms. The standard InChI is InChI=1S/C6H11BrO/c7-4-6(5-8)2-1-3-6/h8H,1-5H2. The molecule has 0 aliphatic heterocycles.